The average Bonchev–Trinajstić information content (AvgIpc) is 2.89. The molecule has 0 amide bonds. The number of hydrogen-bond acceptors (Lipinski definition) is 3. The number of H-pyrrole nitrogens is 1. The van der Waals surface area contributed by atoms with Crippen molar-refractivity contribution in [3.8, 4) is 0 Å². The number of nitrogens with zero attached hydrogens (tertiary/aromatic N) is 1. The van der Waals surface area contributed by atoms with Crippen molar-refractivity contribution in [2.45, 2.75) is 65.2 Å². The van der Waals surface area contributed by atoms with Gasteiger partial charge in [0.15, 0.2) is 0 Å². The lowest BCUT2D eigenvalue weighted by molar-refractivity contribution is -0.137. The number of esters is 1. The summed E-state index contributed by atoms with van der Waals surface area (Å²) in [5, 5.41) is 0. The van der Waals surface area contributed by atoms with Gasteiger partial charge in [-0.2, -0.15) is 0 Å². The van der Waals surface area contributed by atoms with Gasteiger partial charge in [-0.1, -0.05) is 51.9 Å². The third-order valence-corrected chi connectivity index (χ3v) is 3.49. The van der Waals surface area contributed by atoms with Gasteiger partial charge in [-0.15, -0.1) is 0 Å². The fourth-order valence-corrected chi connectivity index (χ4v) is 2.14. The van der Waals surface area contributed by atoms with E-state index in [4.69, 9.17) is 4.74 Å². The summed E-state index contributed by atoms with van der Waals surface area (Å²) in [6.07, 6.45) is 14.7. The number of rotatable bonds is 11. The monoisotopic (exact) mass is 292 g/mol. The van der Waals surface area contributed by atoms with Crippen LogP contribution in [0.3, 0.4) is 0 Å². The highest BCUT2D eigenvalue weighted by molar-refractivity contribution is 5.86. The summed E-state index contributed by atoms with van der Waals surface area (Å²) in [6, 6.07) is 0. The third kappa shape index (κ3) is 8.33. The number of imidazole rings is 1. The molecule has 0 bridgehead atoms. The lowest BCUT2D eigenvalue weighted by Gasteiger charge is -2.02. The molecule has 0 atom stereocenters. The molecule has 1 aromatic rings. The van der Waals surface area contributed by atoms with Crippen LogP contribution in [0.25, 0.3) is 6.08 Å². The predicted molar refractivity (Wildman–Crippen MR) is 85.9 cm³/mol. The highest BCUT2D eigenvalue weighted by Gasteiger charge is 2.00. The Morgan fingerprint density at radius 2 is 1.86 bits per heavy atom. The van der Waals surface area contributed by atoms with Gasteiger partial charge in [-0.25, -0.2) is 9.78 Å². The molecule has 0 aliphatic carbocycles. The van der Waals surface area contributed by atoms with Crippen LogP contribution in [0.15, 0.2) is 12.4 Å². The van der Waals surface area contributed by atoms with Gasteiger partial charge in [0.25, 0.3) is 0 Å². The molecule has 0 aliphatic heterocycles. The first-order valence-electron chi connectivity index (χ1n) is 8.09. The van der Waals surface area contributed by atoms with Crippen LogP contribution < -0.4 is 0 Å². The first-order chi connectivity index (χ1) is 10.2. The zero-order valence-corrected chi connectivity index (χ0v) is 13.4. The van der Waals surface area contributed by atoms with Crippen LogP contribution in [0.1, 0.15) is 69.7 Å². The van der Waals surface area contributed by atoms with Gasteiger partial charge in [0, 0.05) is 11.8 Å². The van der Waals surface area contributed by atoms with Crippen molar-refractivity contribution in [3.63, 3.8) is 0 Å². The fourth-order valence-electron chi connectivity index (χ4n) is 2.14. The van der Waals surface area contributed by atoms with Gasteiger partial charge in [-0.3, -0.25) is 0 Å². The second-order valence-corrected chi connectivity index (χ2v) is 5.39. The van der Waals surface area contributed by atoms with E-state index in [-0.39, 0.29) is 5.97 Å². The van der Waals surface area contributed by atoms with E-state index >= 15 is 0 Å². The van der Waals surface area contributed by atoms with Crippen molar-refractivity contribution in [1.29, 1.82) is 0 Å². The Morgan fingerprint density at radius 1 is 1.19 bits per heavy atom. The standard InChI is InChI=1S/C17H28N2O2/c1-3-4-5-6-7-8-9-10-13-21-17(20)12-11-16-15(2)18-14-19-16/h11-12,14H,3-10,13H2,1-2H3,(H,18,19)/b12-11+. The van der Waals surface area contributed by atoms with Crippen LogP contribution in [0.5, 0.6) is 0 Å². The van der Waals surface area contributed by atoms with E-state index in [1.165, 1.54) is 44.6 Å². The maximum absolute atomic E-state index is 11.5. The van der Waals surface area contributed by atoms with Gasteiger partial charge < -0.3 is 9.72 Å². The number of aryl methyl sites for hydroxylation is 1. The Balaban J connectivity index is 1.99. The summed E-state index contributed by atoms with van der Waals surface area (Å²) < 4.78 is 5.16. The number of aromatic amines is 1. The first-order valence-corrected chi connectivity index (χ1v) is 8.09. The maximum Gasteiger partial charge on any atom is 0.330 e. The molecule has 0 saturated heterocycles. The largest absolute Gasteiger partial charge is 0.463 e. The second-order valence-electron chi connectivity index (χ2n) is 5.39. The maximum atomic E-state index is 11.5. The second kappa shape index (κ2) is 11.1. The average molecular weight is 292 g/mol. The number of aromatic nitrogens is 2. The third-order valence-electron chi connectivity index (χ3n) is 3.49. The first kappa shape index (κ1) is 17.5. The van der Waals surface area contributed by atoms with E-state index in [1.54, 1.807) is 12.4 Å². The smallest absolute Gasteiger partial charge is 0.330 e. The minimum atomic E-state index is -0.291. The number of carbonyl (C=O) groups excluding carboxylic acids is 1. The van der Waals surface area contributed by atoms with Gasteiger partial charge in [0.2, 0.25) is 0 Å². The van der Waals surface area contributed by atoms with Crippen molar-refractivity contribution in [3.05, 3.63) is 23.8 Å². The molecule has 0 unspecified atom stereocenters. The molecular weight excluding hydrogens is 264 g/mol. The van der Waals surface area contributed by atoms with E-state index in [2.05, 4.69) is 16.9 Å². The highest BCUT2D eigenvalue weighted by atomic mass is 16.5. The molecule has 0 aromatic carbocycles. The molecule has 0 fully saturated rings. The van der Waals surface area contributed by atoms with E-state index in [0.29, 0.717) is 6.61 Å². The van der Waals surface area contributed by atoms with Crippen LogP contribution in [-0.4, -0.2) is 22.5 Å². The topological polar surface area (TPSA) is 55.0 Å². The van der Waals surface area contributed by atoms with Crippen LogP contribution in [0.4, 0.5) is 0 Å². The predicted octanol–water partition coefficient (Wildman–Crippen LogP) is 4.42. The van der Waals surface area contributed by atoms with Crippen molar-refractivity contribution in [2.24, 2.45) is 0 Å². The summed E-state index contributed by atoms with van der Waals surface area (Å²) in [6.45, 7) is 4.66. The van der Waals surface area contributed by atoms with Crippen molar-refractivity contribution in [2.75, 3.05) is 6.61 Å². The Labute approximate surface area is 128 Å². The molecule has 1 heterocycles. The zero-order chi connectivity index (χ0) is 15.3. The molecule has 4 nitrogen and oxygen atoms in total. The Kier molecular flexibility index (Phi) is 9.25. The van der Waals surface area contributed by atoms with Gasteiger partial charge >= 0.3 is 5.97 Å². The Bertz CT molecular complexity index is 424. The van der Waals surface area contributed by atoms with Gasteiger partial charge in [0.1, 0.15) is 0 Å². The molecular formula is C17H28N2O2. The lowest BCUT2D eigenvalue weighted by Crippen LogP contribution is -2.02. The molecule has 21 heavy (non-hydrogen) atoms. The molecule has 4 heteroatoms. The minimum Gasteiger partial charge on any atom is -0.463 e. The SMILES string of the molecule is CCCCCCCCCCOC(=O)/C=C/c1nc[nH]c1C. The summed E-state index contributed by atoms with van der Waals surface area (Å²) in [4.78, 5) is 18.6. The number of hydrogen-bond donors (Lipinski definition) is 1. The quantitative estimate of drug-likeness (QED) is 0.373. The number of unbranched alkanes of at least 4 members (excludes halogenated alkanes) is 7. The van der Waals surface area contributed by atoms with Crippen LogP contribution >= 0.6 is 0 Å². The van der Waals surface area contributed by atoms with Crippen LogP contribution in [0.2, 0.25) is 0 Å². The van der Waals surface area contributed by atoms with Crippen LogP contribution in [-0.2, 0) is 9.53 Å². The highest BCUT2D eigenvalue weighted by Crippen LogP contribution is 2.08. The lowest BCUT2D eigenvalue weighted by atomic mass is 10.1. The molecule has 0 spiro atoms. The zero-order valence-electron chi connectivity index (χ0n) is 13.4. The van der Waals surface area contributed by atoms with E-state index < -0.39 is 0 Å². The Morgan fingerprint density at radius 3 is 2.48 bits per heavy atom. The Hall–Kier alpha value is -1.58. The molecule has 118 valence electrons. The number of ether oxygens (including phenoxy) is 1. The summed E-state index contributed by atoms with van der Waals surface area (Å²) in [5.74, 6) is -0.291. The summed E-state index contributed by atoms with van der Waals surface area (Å²) >= 11 is 0. The van der Waals surface area contributed by atoms with Crippen molar-refractivity contribution < 1.29 is 9.53 Å². The van der Waals surface area contributed by atoms with Crippen LogP contribution in [0, 0.1) is 6.92 Å². The minimum absolute atomic E-state index is 0.291. The number of nitrogens with one attached hydrogen (secondary N) is 1. The number of carbonyl (C=O) groups is 1. The molecule has 1 aromatic heterocycles. The van der Waals surface area contributed by atoms with Gasteiger partial charge in [-0.05, 0) is 19.4 Å². The van der Waals surface area contributed by atoms with E-state index in [0.717, 1.165) is 24.2 Å². The summed E-state index contributed by atoms with van der Waals surface area (Å²) in [5.41, 5.74) is 1.72. The van der Waals surface area contributed by atoms with E-state index in [1.807, 2.05) is 6.92 Å². The fraction of sp³-hybridized carbons (Fsp3) is 0.647. The molecule has 1 N–H and O–H groups in total. The van der Waals surface area contributed by atoms with Gasteiger partial charge in [0.05, 0.1) is 18.6 Å². The molecule has 0 saturated carbocycles. The summed E-state index contributed by atoms with van der Waals surface area (Å²) in [7, 11) is 0. The van der Waals surface area contributed by atoms with Crippen molar-refractivity contribution in [1.82, 2.24) is 9.97 Å². The molecule has 0 aliphatic rings. The molecule has 1 rings (SSSR count). The molecule has 0 radical (unpaired) electrons. The normalized spacial score (nSPS) is 11.1. The van der Waals surface area contributed by atoms with Crippen molar-refractivity contribution >= 4 is 12.0 Å². The van der Waals surface area contributed by atoms with E-state index in [9.17, 15) is 4.79 Å².